The molecule has 1 N–H and O–H groups in total. The standard InChI is InChI=1S/C14H21F2N/c1-3-4-5-6-14(17-2)9-11-7-12(15)10-13(16)8-11/h7-8,10,14,17H,3-6,9H2,1-2H3. The Balaban J connectivity index is 2.54. The lowest BCUT2D eigenvalue weighted by Gasteiger charge is -2.16. The molecule has 1 atom stereocenters. The molecule has 3 heteroatoms. The van der Waals surface area contributed by atoms with Crippen LogP contribution in [0.4, 0.5) is 8.78 Å². The molecule has 1 unspecified atom stereocenters. The monoisotopic (exact) mass is 241 g/mol. The highest BCUT2D eigenvalue weighted by atomic mass is 19.1. The molecule has 0 spiro atoms. The highest BCUT2D eigenvalue weighted by Crippen LogP contribution is 2.13. The number of halogens is 2. The summed E-state index contributed by atoms with van der Waals surface area (Å²) in [6.07, 6.45) is 5.26. The van der Waals surface area contributed by atoms with Crippen LogP contribution in [0.5, 0.6) is 0 Å². The van der Waals surface area contributed by atoms with E-state index in [0.29, 0.717) is 12.5 Å². The van der Waals surface area contributed by atoms with Gasteiger partial charge in [0.15, 0.2) is 0 Å². The van der Waals surface area contributed by atoms with Gasteiger partial charge in [0.05, 0.1) is 0 Å². The minimum Gasteiger partial charge on any atom is -0.317 e. The van der Waals surface area contributed by atoms with Crippen molar-refractivity contribution >= 4 is 0 Å². The first-order valence-electron chi connectivity index (χ1n) is 6.28. The molecule has 1 aromatic carbocycles. The summed E-state index contributed by atoms with van der Waals surface area (Å²) >= 11 is 0. The zero-order chi connectivity index (χ0) is 12.7. The van der Waals surface area contributed by atoms with Gasteiger partial charge in [-0.15, -0.1) is 0 Å². The summed E-state index contributed by atoms with van der Waals surface area (Å²) in [4.78, 5) is 0. The number of unbranched alkanes of at least 4 members (excludes halogenated alkanes) is 2. The maximum Gasteiger partial charge on any atom is 0.126 e. The first-order valence-corrected chi connectivity index (χ1v) is 6.28. The predicted octanol–water partition coefficient (Wildman–Crippen LogP) is 3.68. The predicted molar refractivity (Wildman–Crippen MR) is 67.1 cm³/mol. The molecular weight excluding hydrogens is 220 g/mol. The molecule has 0 saturated carbocycles. The van der Waals surface area contributed by atoms with Crippen molar-refractivity contribution in [3.05, 3.63) is 35.4 Å². The van der Waals surface area contributed by atoms with Crippen LogP contribution in [0.15, 0.2) is 18.2 Å². The van der Waals surface area contributed by atoms with E-state index in [1.165, 1.54) is 25.0 Å². The summed E-state index contributed by atoms with van der Waals surface area (Å²) in [5.74, 6) is -0.994. The molecule has 0 fully saturated rings. The smallest absolute Gasteiger partial charge is 0.126 e. The Bertz CT molecular complexity index is 319. The Morgan fingerprint density at radius 2 is 1.76 bits per heavy atom. The number of likely N-dealkylation sites (N-methyl/N-ethyl adjacent to an activating group) is 1. The average Bonchev–Trinajstić information content (AvgIpc) is 2.26. The molecule has 0 bridgehead atoms. The van der Waals surface area contributed by atoms with Crippen molar-refractivity contribution in [2.45, 2.75) is 45.1 Å². The fourth-order valence-electron chi connectivity index (χ4n) is 2.00. The van der Waals surface area contributed by atoms with Gasteiger partial charge in [0.25, 0.3) is 0 Å². The topological polar surface area (TPSA) is 12.0 Å². The molecule has 0 aromatic heterocycles. The second-order valence-electron chi connectivity index (χ2n) is 4.46. The van der Waals surface area contributed by atoms with Crippen LogP contribution in [-0.2, 0) is 6.42 Å². The quantitative estimate of drug-likeness (QED) is 0.718. The van der Waals surface area contributed by atoms with Crippen LogP contribution in [0, 0.1) is 11.6 Å². The molecule has 0 amide bonds. The summed E-state index contributed by atoms with van der Waals surface area (Å²) in [7, 11) is 1.90. The number of rotatable bonds is 7. The van der Waals surface area contributed by atoms with Crippen LogP contribution in [0.25, 0.3) is 0 Å². The van der Waals surface area contributed by atoms with E-state index in [-0.39, 0.29) is 0 Å². The Hall–Kier alpha value is -0.960. The van der Waals surface area contributed by atoms with E-state index in [1.54, 1.807) is 0 Å². The van der Waals surface area contributed by atoms with Gasteiger partial charge in [-0.2, -0.15) is 0 Å². The Morgan fingerprint density at radius 1 is 1.12 bits per heavy atom. The van der Waals surface area contributed by atoms with Crippen LogP contribution in [0.2, 0.25) is 0 Å². The van der Waals surface area contributed by atoms with Crippen LogP contribution in [0.3, 0.4) is 0 Å². The third-order valence-electron chi connectivity index (χ3n) is 2.97. The molecule has 0 aliphatic carbocycles. The molecular formula is C14H21F2N. The minimum atomic E-state index is -0.497. The third-order valence-corrected chi connectivity index (χ3v) is 2.97. The SMILES string of the molecule is CCCCCC(Cc1cc(F)cc(F)c1)NC. The Morgan fingerprint density at radius 3 is 2.29 bits per heavy atom. The van der Waals surface area contributed by atoms with Crippen molar-refractivity contribution in [2.24, 2.45) is 0 Å². The summed E-state index contributed by atoms with van der Waals surface area (Å²) < 4.78 is 26.1. The lowest BCUT2D eigenvalue weighted by Crippen LogP contribution is -2.27. The third kappa shape index (κ3) is 5.26. The van der Waals surface area contributed by atoms with E-state index in [9.17, 15) is 8.78 Å². The van der Waals surface area contributed by atoms with Gasteiger partial charge in [0.2, 0.25) is 0 Å². The van der Waals surface area contributed by atoms with Gasteiger partial charge in [-0.05, 0) is 37.6 Å². The normalized spacial score (nSPS) is 12.7. The summed E-state index contributed by atoms with van der Waals surface area (Å²) in [5.41, 5.74) is 0.721. The van der Waals surface area contributed by atoms with Gasteiger partial charge in [0, 0.05) is 12.1 Å². The van der Waals surface area contributed by atoms with Gasteiger partial charge in [-0.3, -0.25) is 0 Å². The van der Waals surface area contributed by atoms with Crippen LogP contribution in [-0.4, -0.2) is 13.1 Å². The van der Waals surface area contributed by atoms with Crippen molar-refractivity contribution in [1.29, 1.82) is 0 Å². The van der Waals surface area contributed by atoms with Crippen molar-refractivity contribution in [3.63, 3.8) is 0 Å². The Kier molecular flexibility index (Phi) is 6.12. The Labute approximate surface area is 102 Å². The van der Waals surface area contributed by atoms with Gasteiger partial charge in [-0.1, -0.05) is 26.2 Å². The summed E-state index contributed by atoms with van der Waals surface area (Å²) in [6.45, 7) is 2.16. The zero-order valence-electron chi connectivity index (χ0n) is 10.6. The molecule has 0 heterocycles. The fraction of sp³-hybridized carbons (Fsp3) is 0.571. The summed E-state index contributed by atoms with van der Waals surface area (Å²) in [5, 5.41) is 3.20. The first-order chi connectivity index (χ1) is 8.15. The van der Waals surface area contributed by atoms with E-state index >= 15 is 0 Å². The maximum atomic E-state index is 13.0. The van der Waals surface area contributed by atoms with Crippen molar-refractivity contribution in [1.82, 2.24) is 5.32 Å². The van der Waals surface area contributed by atoms with Crippen molar-refractivity contribution in [3.8, 4) is 0 Å². The fourth-order valence-corrected chi connectivity index (χ4v) is 2.00. The first kappa shape index (κ1) is 14.1. The maximum absolute atomic E-state index is 13.0. The van der Waals surface area contributed by atoms with E-state index in [2.05, 4.69) is 12.2 Å². The number of hydrogen-bond acceptors (Lipinski definition) is 1. The largest absolute Gasteiger partial charge is 0.317 e. The van der Waals surface area contributed by atoms with E-state index in [0.717, 1.165) is 24.5 Å². The second kappa shape index (κ2) is 7.38. The molecule has 0 radical (unpaired) electrons. The molecule has 0 aliphatic heterocycles. The highest BCUT2D eigenvalue weighted by molar-refractivity contribution is 5.18. The van der Waals surface area contributed by atoms with Gasteiger partial charge in [-0.25, -0.2) is 8.78 Å². The van der Waals surface area contributed by atoms with Crippen molar-refractivity contribution in [2.75, 3.05) is 7.05 Å². The lowest BCUT2D eigenvalue weighted by atomic mass is 10.0. The van der Waals surface area contributed by atoms with E-state index < -0.39 is 11.6 Å². The van der Waals surface area contributed by atoms with E-state index in [1.807, 2.05) is 7.05 Å². The van der Waals surface area contributed by atoms with Gasteiger partial charge in [0.1, 0.15) is 11.6 Å². The van der Waals surface area contributed by atoms with Gasteiger partial charge < -0.3 is 5.32 Å². The van der Waals surface area contributed by atoms with Crippen LogP contribution < -0.4 is 5.32 Å². The number of nitrogens with one attached hydrogen (secondary N) is 1. The van der Waals surface area contributed by atoms with Crippen molar-refractivity contribution < 1.29 is 8.78 Å². The van der Waals surface area contributed by atoms with E-state index in [4.69, 9.17) is 0 Å². The molecule has 1 aromatic rings. The lowest BCUT2D eigenvalue weighted by molar-refractivity contribution is 0.487. The number of benzene rings is 1. The molecule has 0 saturated heterocycles. The molecule has 1 rings (SSSR count). The molecule has 1 nitrogen and oxygen atoms in total. The molecule has 0 aliphatic rings. The highest BCUT2D eigenvalue weighted by Gasteiger charge is 2.08. The molecule has 96 valence electrons. The zero-order valence-corrected chi connectivity index (χ0v) is 10.6. The van der Waals surface area contributed by atoms with Crippen LogP contribution >= 0.6 is 0 Å². The molecule has 17 heavy (non-hydrogen) atoms. The van der Waals surface area contributed by atoms with Crippen LogP contribution in [0.1, 0.15) is 38.2 Å². The average molecular weight is 241 g/mol. The minimum absolute atomic E-state index is 0.294. The second-order valence-corrected chi connectivity index (χ2v) is 4.46. The number of hydrogen-bond donors (Lipinski definition) is 1. The summed E-state index contributed by atoms with van der Waals surface area (Å²) in [6, 6.07) is 4.03. The van der Waals surface area contributed by atoms with Gasteiger partial charge >= 0.3 is 0 Å².